The van der Waals surface area contributed by atoms with Gasteiger partial charge in [-0.2, -0.15) is 0 Å². The highest BCUT2D eigenvalue weighted by atomic mass is 32.1. The molecule has 124 valence electrons. The van der Waals surface area contributed by atoms with E-state index in [0.717, 1.165) is 22.0 Å². The molecular formula is C18H14N4O2S. The number of anilines is 2. The first-order valence-electron chi connectivity index (χ1n) is 7.61. The molecule has 0 spiro atoms. The van der Waals surface area contributed by atoms with Crippen molar-refractivity contribution in [1.29, 1.82) is 0 Å². The van der Waals surface area contributed by atoms with Crippen molar-refractivity contribution in [3.63, 3.8) is 0 Å². The number of nitrogens with two attached hydrogens (primary N) is 1. The maximum Gasteiger partial charge on any atom is 0.281 e. The largest absolute Gasteiger partial charge is 0.410 e. The zero-order chi connectivity index (χ0) is 17.4. The van der Waals surface area contributed by atoms with Crippen LogP contribution in [0.15, 0.2) is 59.1 Å². The molecule has 0 unspecified atom stereocenters. The lowest BCUT2D eigenvalue weighted by Gasteiger charge is -2.15. The van der Waals surface area contributed by atoms with Gasteiger partial charge in [-0.1, -0.05) is 23.4 Å². The maximum atomic E-state index is 12.5. The number of aromatic nitrogens is 1. The van der Waals surface area contributed by atoms with Crippen LogP contribution in [0.4, 0.5) is 11.4 Å². The third-order valence-electron chi connectivity index (χ3n) is 4.03. The number of hydrogen-bond acceptors (Lipinski definition) is 6. The quantitative estimate of drug-likeness (QED) is 0.431. The second-order valence-electron chi connectivity index (χ2n) is 5.62. The van der Waals surface area contributed by atoms with Gasteiger partial charge < -0.3 is 15.8 Å². The maximum absolute atomic E-state index is 12.5. The number of amides is 1. The third kappa shape index (κ3) is 2.64. The molecule has 2 aromatic carbocycles. The molecule has 0 radical (unpaired) electrons. The molecule has 3 N–H and O–H groups in total. The highest BCUT2D eigenvalue weighted by molar-refractivity contribution is 7.13. The zero-order valence-corrected chi connectivity index (χ0v) is 13.9. The van der Waals surface area contributed by atoms with Crippen molar-refractivity contribution in [3.8, 4) is 10.6 Å². The first kappa shape index (κ1) is 15.3. The van der Waals surface area contributed by atoms with Gasteiger partial charge in [0.1, 0.15) is 5.01 Å². The van der Waals surface area contributed by atoms with Crippen LogP contribution < -0.4 is 10.6 Å². The summed E-state index contributed by atoms with van der Waals surface area (Å²) in [6.07, 6.45) is 0. The van der Waals surface area contributed by atoms with Crippen molar-refractivity contribution >= 4 is 34.3 Å². The van der Waals surface area contributed by atoms with E-state index in [1.54, 1.807) is 11.0 Å². The summed E-state index contributed by atoms with van der Waals surface area (Å²) in [4.78, 5) is 18.7. The minimum absolute atomic E-state index is 0.0598. The van der Waals surface area contributed by atoms with Crippen LogP contribution in [0.1, 0.15) is 11.3 Å². The van der Waals surface area contributed by atoms with Gasteiger partial charge in [-0.25, -0.2) is 4.98 Å². The van der Waals surface area contributed by atoms with Crippen LogP contribution in [0.25, 0.3) is 10.6 Å². The Bertz CT molecular complexity index is 979. The lowest BCUT2D eigenvalue weighted by Crippen LogP contribution is -2.29. The highest BCUT2D eigenvalue weighted by Crippen LogP contribution is 2.31. The van der Waals surface area contributed by atoms with Gasteiger partial charge in [0.2, 0.25) is 0 Å². The SMILES string of the molecule is Nc1ccc(-c2nc(CN3C(=O)/C(=N\O)c4ccccc43)cs2)cc1. The smallest absolute Gasteiger partial charge is 0.281 e. The van der Waals surface area contributed by atoms with E-state index < -0.39 is 0 Å². The van der Waals surface area contributed by atoms with Gasteiger partial charge in [-0.05, 0) is 30.3 Å². The molecule has 3 aromatic rings. The number of para-hydroxylation sites is 1. The van der Waals surface area contributed by atoms with Crippen LogP contribution in [0, 0.1) is 0 Å². The first-order chi connectivity index (χ1) is 12.2. The molecule has 1 amide bonds. The van der Waals surface area contributed by atoms with Crippen LogP contribution in [0.3, 0.4) is 0 Å². The number of oxime groups is 1. The lowest BCUT2D eigenvalue weighted by atomic mass is 10.1. The molecule has 0 aliphatic carbocycles. The van der Waals surface area contributed by atoms with Crippen molar-refractivity contribution in [3.05, 3.63) is 65.2 Å². The van der Waals surface area contributed by atoms with Gasteiger partial charge in [-0.15, -0.1) is 11.3 Å². The van der Waals surface area contributed by atoms with Crippen molar-refractivity contribution < 1.29 is 10.0 Å². The van der Waals surface area contributed by atoms with E-state index >= 15 is 0 Å². The fraction of sp³-hybridized carbons (Fsp3) is 0.0556. The predicted octanol–water partition coefficient (Wildman–Crippen LogP) is 3.12. The normalized spacial score (nSPS) is 15.0. The molecule has 1 aliphatic rings. The Morgan fingerprint density at radius 2 is 1.92 bits per heavy atom. The van der Waals surface area contributed by atoms with Crippen LogP contribution in [-0.4, -0.2) is 21.8 Å². The van der Waals surface area contributed by atoms with Crippen molar-refractivity contribution in [2.24, 2.45) is 5.16 Å². The van der Waals surface area contributed by atoms with E-state index in [2.05, 4.69) is 10.1 Å². The summed E-state index contributed by atoms with van der Waals surface area (Å²) >= 11 is 1.51. The van der Waals surface area contributed by atoms with E-state index in [-0.39, 0.29) is 11.6 Å². The Morgan fingerprint density at radius 3 is 2.68 bits per heavy atom. The molecule has 1 aromatic heterocycles. The van der Waals surface area contributed by atoms with Crippen LogP contribution in [0.5, 0.6) is 0 Å². The molecule has 0 fully saturated rings. The number of nitrogen functional groups attached to an aromatic ring is 1. The molecule has 0 saturated heterocycles. The van der Waals surface area contributed by atoms with Gasteiger partial charge in [0.25, 0.3) is 5.91 Å². The highest BCUT2D eigenvalue weighted by Gasteiger charge is 2.34. The molecule has 6 nitrogen and oxygen atoms in total. The predicted molar refractivity (Wildman–Crippen MR) is 97.9 cm³/mol. The van der Waals surface area contributed by atoms with E-state index in [9.17, 15) is 4.79 Å². The number of thiazole rings is 1. The Balaban J connectivity index is 1.63. The van der Waals surface area contributed by atoms with Gasteiger partial charge in [0.05, 0.1) is 17.9 Å². The number of hydrogen-bond donors (Lipinski definition) is 2. The van der Waals surface area contributed by atoms with Gasteiger partial charge in [-0.3, -0.25) is 4.79 Å². The molecule has 0 atom stereocenters. The minimum atomic E-state index is -0.328. The second-order valence-corrected chi connectivity index (χ2v) is 6.48. The lowest BCUT2D eigenvalue weighted by molar-refractivity contribution is -0.112. The monoisotopic (exact) mass is 350 g/mol. The molecule has 0 bridgehead atoms. The standard InChI is InChI=1S/C18H14N4O2S/c19-12-7-5-11(6-8-12)17-20-13(10-25-17)9-22-15-4-2-1-3-14(15)16(21-24)18(22)23/h1-8,10,24H,9,19H2/b21-16-. The summed E-state index contributed by atoms with van der Waals surface area (Å²) in [6.45, 7) is 0.320. The van der Waals surface area contributed by atoms with E-state index in [4.69, 9.17) is 10.9 Å². The number of rotatable bonds is 3. The van der Waals surface area contributed by atoms with Gasteiger partial charge >= 0.3 is 0 Å². The number of benzene rings is 2. The Kier molecular flexibility index (Phi) is 3.70. The first-order valence-corrected chi connectivity index (χ1v) is 8.49. The third-order valence-corrected chi connectivity index (χ3v) is 4.97. The molecule has 25 heavy (non-hydrogen) atoms. The van der Waals surface area contributed by atoms with Crippen molar-refractivity contribution in [2.45, 2.75) is 6.54 Å². The molecule has 1 aliphatic heterocycles. The minimum Gasteiger partial charge on any atom is -0.410 e. The molecule has 4 rings (SSSR count). The summed E-state index contributed by atoms with van der Waals surface area (Å²) < 4.78 is 0. The topological polar surface area (TPSA) is 91.8 Å². The van der Waals surface area contributed by atoms with Crippen molar-refractivity contribution in [2.75, 3.05) is 10.6 Å². The molecular weight excluding hydrogens is 336 g/mol. The van der Waals surface area contributed by atoms with E-state index in [1.165, 1.54) is 11.3 Å². The van der Waals surface area contributed by atoms with E-state index in [0.29, 0.717) is 17.8 Å². The van der Waals surface area contributed by atoms with Gasteiger partial charge in [0, 0.05) is 22.2 Å². The van der Waals surface area contributed by atoms with Gasteiger partial charge in [0.15, 0.2) is 5.71 Å². The van der Waals surface area contributed by atoms with E-state index in [1.807, 2.05) is 47.8 Å². The summed E-state index contributed by atoms with van der Waals surface area (Å²) in [6, 6.07) is 14.8. The average molecular weight is 350 g/mol. The number of carbonyl (C=O) groups excluding carboxylic acids is 1. The summed E-state index contributed by atoms with van der Waals surface area (Å²) in [7, 11) is 0. The van der Waals surface area contributed by atoms with Crippen molar-refractivity contribution in [1.82, 2.24) is 4.98 Å². The number of carbonyl (C=O) groups is 1. The molecule has 0 saturated carbocycles. The van der Waals surface area contributed by atoms with Crippen LogP contribution in [0.2, 0.25) is 0 Å². The fourth-order valence-electron chi connectivity index (χ4n) is 2.82. The zero-order valence-electron chi connectivity index (χ0n) is 13.1. The van der Waals surface area contributed by atoms with Crippen LogP contribution in [-0.2, 0) is 11.3 Å². The molecule has 2 heterocycles. The second kappa shape index (κ2) is 6.03. The Morgan fingerprint density at radius 1 is 1.16 bits per heavy atom. The molecule has 7 heteroatoms. The summed E-state index contributed by atoms with van der Waals surface area (Å²) in [5.41, 5.74) is 9.59. The summed E-state index contributed by atoms with van der Waals surface area (Å²) in [5, 5.41) is 15.1. The fourth-order valence-corrected chi connectivity index (χ4v) is 3.63. The average Bonchev–Trinajstić information content (AvgIpc) is 3.19. The summed E-state index contributed by atoms with van der Waals surface area (Å²) in [5.74, 6) is -0.328. The Hall–Kier alpha value is -3.19. The number of nitrogens with zero attached hydrogens (tertiary/aromatic N) is 3. The Labute approximate surface area is 147 Å². The van der Waals surface area contributed by atoms with Crippen LogP contribution >= 0.6 is 11.3 Å². The number of fused-ring (bicyclic) bond motifs is 1.